The van der Waals surface area contributed by atoms with Crippen LogP contribution in [0.15, 0.2) is 84.9 Å². The molecule has 0 bridgehead atoms. The van der Waals surface area contributed by atoms with E-state index in [4.69, 9.17) is 0 Å². The Kier molecular flexibility index (Phi) is 6.38. The minimum atomic E-state index is 0.00833. The molecule has 1 aliphatic rings. The van der Waals surface area contributed by atoms with E-state index < -0.39 is 0 Å². The molecule has 2 atom stereocenters. The number of carbonyl (C=O) groups excluding carboxylic acids is 1. The maximum Gasteiger partial charge on any atom is 0.169 e. The molecule has 0 N–H and O–H groups in total. The van der Waals surface area contributed by atoms with E-state index in [0.29, 0.717) is 0 Å². The molecule has 0 spiro atoms. The van der Waals surface area contributed by atoms with Crippen LogP contribution in [0, 0.1) is 5.92 Å². The SMILES string of the molecule is CCC(CC)(CC)N1C[C@H](C(=O)c2ccc(-c3ccccc3)cc2)[C@@H]1c1ccccc1. The summed E-state index contributed by atoms with van der Waals surface area (Å²) in [6, 6.07) is 29.2. The molecular formula is C29H33NO. The zero-order valence-electron chi connectivity index (χ0n) is 18.9. The van der Waals surface area contributed by atoms with Gasteiger partial charge in [0.2, 0.25) is 0 Å². The van der Waals surface area contributed by atoms with Gasteiger partial charge >= 0.3 is 0 Å². The lowest BCUT2D eigenvalue weighted by Gasteiger charge is -2.57. The van der Waals surface area contributed by atoms with Gasteiger partial charge in [0.05, 0.1) is 5.92 Å². The van der Waals surface area contributed by atoms with E-state index in [1.807, 2.05) is 30.3 Å². The molecule has 2 heteroatoms. The van der Waals surface area contributed by atoms with Crippen LogP contribution in [-0.4, -0.2) is 22.8 Å². The van der Waals surface area contributed by atoms with Gasteiger partial charge in [-0.3, -0.25) is 9.69 Å². The molecule has 0 unspecified atom stereocenters. The molecule has 0 radical (unpaired) electrons. The highest BCUT2D eigenvalue weighted by molar-refractivity contribution is 5.99. The van der Waals surface area contributed by atoms with Crippen molar-refractivity contribution in [3.8, 4) is 11.1 Å². The Morgan fingerprint density at radius 2 is 1.29 bits per heavy atom. The Balaban J connectivity index is 1.61. The summed E-state index contributed by atoms with van der Waals surface area (Å²) >= 11 is 0. The van der Waals surface area contributed by atoms with E-state index in [1.165, 1.54) is 11.1 Å². The minimum Gasteiger partial charge on any atom is -0.294 e. The molecule has 3 aromatic carbocycles. The maximum absolute atomic E-state index is 13.6. The summed E-state index contributed by atoms with van der Waals surface area (Å²) in [7, 11) is 0. The van der Waals surface area contributed by atoms with Crippen LogP contribution in [0.25, 0.3) is 11.1 Å². The van der Waals surface area contributed by atoms with Gasteiger partial charge < -0.3 is 0 Å². The predicted molar refractivity (Wildman–Crippen MR) is 129 cm³/mol. The fraction of sp³-hybridized carbons (Fsp3) is 0.345. The van der Waals surface area contributed by atoms with Crippen molar-refractivity contribution in [1.29, 1.82) is 0 Å². The van der Waals surface area contributed by atoms with Gasteiger partial charge in [-0.25, -0.2) is 0 Å². The summed E-state index contributed by atoms with van der Waals surface area (Å²) in [6.45, 7) is 7.69. The van der Waals surface area contributed by atoms with Crippen molar-refractivity contribution in [1.82, 2.24) is 4.90 Å². The average Bonchev–Trinajstić information content (AvgIpc) is 2.83. The largest absolute Gasteiger partial charge is 0.294 e. The number of nitrogens with zero attached hydrogens (tertiary/aromatic N) is 1. The van der Waals surface area contributed by atoms with Crippen molar-refractivity contribution in [3.63, 3.8) is 0 Å². The van der Waals surface area contributed by atoms with Crippen molar-refractivity contribution < 1.29 is 4.79 Å². The van der Waals surface area contributed by atoms with E-state index in [-0.39, 0.29) is 23.3 Å². The summed E-state index contributed by atoms with van der Waals surface area (Å²) in [4.78, 5) is 16.2. The van der Waals surface area contributed by atoms with Crippen molar-refractivity contribution >= 4 is 5.78 Å². The maximum atomic E-state index is 13.6. The van der Waals surface area contributed by atoms with E-state index in [0.717, 1.165) is 36.9 Å². The van der Waals surface area contributed by atoms with Gasteiger partial charge in [0.25, 0.3) is 0 Å². The zero-order valence-corrected chi connectivity index (χ0v) is 18.9. The Bertz CT molecular complexity index is 982. The van der Waals surface area contributed by atoms with Gasteiger partial charge in [0, 0.05) is 23.7 Å². The summed E-state index contributed by atoms with van der Waals surface area (Å²) < 4.78 is 0. The number of carbonyl (C=O) groups is 1. The van der Waals surface area contributed by atoms with Gasteiger partial charge in [-0.15, -0.1) is 0 Å². The van der Waals surface area contributed by atoms with Gasteiger partial charge in [-0.1, -0.05) is 106 Å². The molecule has 160 valence electrons. The number of rotatable bonds is 8. The third kappa shape index (κ3) is 3.97. The molecule has 0 saturated carbocycles. The molecule has 0 aromatic heterocycles. The molecule has 2 nitrogen and oxygen atoms in total. The average molecular weight is 412 g/mol. The molecule has 0 amide bonds. The first kappa shape index (κ1) is 21.5. The third-order valence-electron chi connectivity index (χ3n) is 7.45. The molecule has 1 fully saturated rings. The first-order chi connectivity index (χ1) is 15.1. The number of benzene rings is 3. The number of hydrogen-bond donors (Lipinski definition) is 0. The lowest BCUT2D eigenvalue weighted by molar-refractivity contribution is -0.0727. The van der Waals surface area contributed by atoms with E-state index in [9.17, 15) is 4.79 Å². The van der Waals surface area contributed by atoms with Crippen molar-refractivity contribution in [2.45, 2.75) is 51.6 Å². The Hall–Kier alpha value is -2.71. The summed E-state index contributed by atoms with van der Waals surface area (Å²) in [6.07, 6.45) is 3.32. The van der Waals surface area contributed by atoms with Crippen molar-refractivity contribution in [3.05, 3.63) is 96.1 Å². The summed E-state index contributed by atoms with van der Waals surface area (Å²) in [5, 5.41) is 0. The molecular weight excluding hydrogens is 378 g/mol. The van der Waals surface area contributed by atoms with E-state index in [1.54, 1.807) is 0 Å². The van der Waals surface area contributed by atoms with Crippen LogP contribution in [0.4, 0.5) is 0 Å². The second-order valence-electron chi connectivity index (χ2n) is 8.71. The van der Waals surface area contributed by atoms with Gasteiger partial charge in [-0.2, -0.15) is 0 Å². The Labute approximate surface area is 186 Å². The zero-order chi connectivity index (χ0) is 21.8. The fourth-order valence-corrected chi connectivity index (χ4v) is 5.31. The van der Waals surface area contributed by atoms with Gasteiger partial charge in [-0.05, 0) is 36.0 Å². The number of ketones is 1. The van der Waals surface area contributed by atoms with Crippen LogP contribution < -0.4 is 0 Å². The quantitative estimate of drug-likeness (QED) is 0.366. The Morgan fingerprint density at radius 1 is 0.774 bits per heavy atom. The number of hydrogen-bond acceptors (Lipinski definition) is 2. The smallest absolute Gasteiger partial charge is 0.169 e. The second kappa shape index (κ2) is 9.20. The lowest BCUT2D eigenvalue weighted by atomic mass is 9.72. The highest BCUT2D eigenvalue weighted by Gasteiger charge is 2.51. The second-order valence-corrected chi connectivity index (χ2v) is 8.71. The van der Waals surface area contributed by atoms with Crippen LogP contribution in [0.5, 0.6) is 0 Å². The van der Waals surface area contributed by atoms with Crippen molar-refractivity contribution in [2.75, 3.05) is 6.54 Å². The number of Topliss-reactive ketones (excluding diaryl/α,β-unsaturated/α-hetero) is 1. The molecule has 31 heavy (non-hydrogen) atoms. The van der Waals surface area contributed by atoms with Crippen LogP contribution in [0.2, 0.25) is 0 Å². The molecule has 4 rings (SSSR count). The summed E-state index contributed by atoms with van der Waals surface area (Å²) in [5.41, 5.74) is 4.56. The molecule has 0 aliphatic carbocycles. The fourth-order valence-electron chi connectivity index (χ4n) is 5.31. The normalized spacial score (nSPS) is 19.1. The topological polar surface area (TPSA) is 20.3 Å². The van der Waals surface area contributed by atoms with E-state index in [2.05, 4.69) is 80.3 Å². The standard InChI is InChI=1S/C29H33NO/c1-4-29(5-2,6-3)30-21-26(27(30)24-15-11-8-12-16-24)28(31)25-19-17-23(18-20-25)22-13-9-7-10-14-22/h7-20,26-27H,4-6,21H2,1-3H3/t26-,27-/m0/s1. The lowest BCUT2D eigenvalue weighted by Crippen LogP contribution is -2.62. The first-order valence-corrected chi connectivity index (χ1v) is 11.6. The highest BCUT2D eigenvalue weighted by atomic mass is 16.1. The van der Waals surface area contributed by atoms with Gasteiger partial charge in [0.1, 0.15) is 0 Å². The minimum absolute atomic E-state index is 0.00833. The van der Waals surface area contributed by atoms with Crippen LogP contribution >= 0.6 is 0 Å². The van der Waals surface area contributed by atoms with Crippen LogP contribution in [-0.2, 0) is 0 Å². The van der Waals surface area contributed by atoms with Crippen LogP contribution in [0.1, 0.15) is 62.0 Å². The van der Waals surface area contributed by atoms with E-state index >= 15 is 0 Å². The monoisotopic (exact) mass is 411 g/mol. The molecule has 1 heterocycles. The third-order valence-corrected chi connectivity index (χ3v) is 7.45. The summed E-state index contributed by atoms with van der Waals surface area (Å²) in [5.74, 6) is 0.274. The van der Waals surface area contributed by atoms with Crippen molar-refractivity contribution in [2.24, 2.45) is 5.92 Å². The number of likely N-dealkylation sites (tertiary alicyclic amines) is 1. The first-order valence-electron chi connectivity index (χ1n) is 11.6. The van der Waals surface area contributed by atoms with Gasteiger partial charge in [0.15, 0.2) is 5.78 Å². The highest BCUT2D eigenvalue weighted by Crippen LogP contribution is 2.48. The molecule has 3 aromatic rings. The molecule has 1 aliphatic heterocycles. The predicted octanol–water partition coefficient (Wildman–Crippen LogP) is 7.18. The van der Waals surface area contributed by atoms with Crippen LogP contribution in [0.3, 0.4) is 0 Å². The Morgan fingerprint density at radius 3 is 1.84 bits per heavy atom. The molecule has 1 saturated heterocycles.